The Bertz CT molecular complexity index is 919. The third-order valence-electron chi connectivity index (χ3n) is 3.44. The molecule has 0 aliphatic carbocycles. The van der Waals surface area contributed by atoms with Crippen LogP contribution in [0, 0.1) is 10.1 Å². The van der Waals surface area contributed by atoms with Crippen molar-refractivity contribution in [2.75, 3.05) is 5.32 Å². The SMILES string of the molecule is O=C(Nc1cccc2ccccc12)c1cc(Cl)ccc1[N+](=O)[O-]. The molecule has 0 saturated carbocycles. The van der Waals surface area contributed by atoms with Gasteiger partial charge in [-0.15, -0.1) is 0 Å². The van der Waals surface area contributed by atoms with Gasteiger partial charge in [0.25, 0.3) is 11.6 Å². The van der Waals surface area contributed by atoms with Crippen molar-refractivity contribution in [3.63, 3.8) is 0 Å². The van der Waals surface area contributed by atoms with Crippen molar-refractivity contribution >= 4 is 39.7 Å². The number of amides is 1. The summed E-state index contributed by atoms with van der Waals surface area (Å²) in [6.07, 6.45) is 0. The summed E-state index contributed by atoms with van der Waals surface area (Å²) in [5.74, 6) is -0.574. The van der Waals surface area contributed by atoms with Crippen LogP contribution in [0.2, 0.25) is 5.02 Å². The number of nitro groups is 1. The van der Waals surface area contributed by atoms with E-state index in [4.69, 9.17) is 11.6 Å². The first-order valence-corrected chi connectivity index (χ1v) is 7.17. The molecule has 0 radical (unpaired) electrons. The van der Waals surface area contributed by atoms with E-state index in [-0.39, 0.29) is 16.3 Å². The summed E-state index contributed by atoms with van der Waals surface area (Å²) in [7, 11) is 0. The van der Waals surface area contributed by atoms with Gasteiger partial charge in [-0.25, -0.2) is 0 Å². The molecule has 5 nitrogen and oxygen atoms in total. The summed E-state index contributed by atoms with van der Waals surface area (Å²) < 4.78 is 0. The van der Waals surface area contributed by atoms with Gasteiger partial charge in [-0.3, -0.25) is 14.9 Å². The van der Waals surface area contributed by atoms with Gasteiger partial charge in [0.15, 0.2) is 0 Å². The molecule has 1 N–H and O–H groups in total. The Hall–Kier alpha value is -2.92. The quantitative estimate of drug-likeness (QED) is 0.562. The van der Waals surface area contributed by atoms with Crippen LogP contribution in [0.25, 0.3) is 10.8 Å². The zero-order chi connectivity index (χ0) is 16.4. The van der Waals surface area contributed by atoms with Crippen LogP contribution in [0.1, 0.15) is 10.4 Å². The number of nitrogens with one attached hydrogen (secondary N) is 1. The van der Waals surface area contributed by atoms with Crippen molar-refractivity contribution in [1.82, 2.24) is 0 Å². The molecule has 0 heterocycles. The zero-order valence-corrected chi connectivity index (χ0v) is 12.6. The average Bonchev–Trinajstić information content (AvgIpc) is 2.54. The first kappa shape index (κ1) is 15.0. The van der Waals surface area contributed by atoms with Crippen molar-refractivity contribution in [3.8, 4) is 0 Å². The fraction of sp³-hybridized carbons (Fsp3) is 0. The van der Waals surface area contributed by atoms with Crippen LogP contribution in [0.5, 0.6) is 0 Å². The van der Waals surface area contributed by atoms with Gasteiger partial charge in [-0.2, -0.15) is 0 Å². The van der Waals surface area contributed by atoms with E-state index in [0.29, 0.717) is 5.69 Å². The van der Waals surface area contributed by atoms with Crippen LogP contribution < -0.4 is 5.32 Å². The molecule has 3 aromatic carbocycles. The van der Waals surface area contributed by atoms with Crippen molar-refractivity contribution in [2.45, 2.75) is 0 Å². The fourth-order valence-corrected chi connectivity index (χ4v) is 2.55. The molecule has 0 unspecified atom stereocenters. The number of fused-ring (bicyclic) bond motifs is 1. The maximum absolute atomic E-state index is 12.5. The lowest BCUT2D eigenvalue weighted by molar-refractivity contribution is -0.385. The molecule has 0 spiro atoms. The summed E-state index contributed by atoms with van der Waals surface area (Å²) in [5.41, 5.74) is 0.227. The molecule has 0 aromatic heterocycles. The predicted molar refractivity (Wildman–Crippen MR) is 90.0 cm³/mol. The topological polar surface area (TPSA) is 72.2 Å². The molecule has 0 aliphatic heterocycles. The summed E-state index contributed by atoms with van der Waals surface area (Å²) >= 11 is 5.86. The van der Waals surface area contributed by atoms with Crippen molar-refractivity contribution in [1.29, 1.82) is 0 Å². The van der Waals surface area contributed by atoms with Crippen LogP contribution in [0.3, 0.4) is 0 Å². The van der Waals surface area contributed by atoms with Crippen LogP contribution >= 0.6 is 11.6 Å². The molecule has 114 valence electrons. The van der Waals surface area contributed by atoms with Crippen LogP contribution in [0.15, 0.2) is 60.7 Å². The minimum atomic E-state index is -0.603. The second-order valence-electron chi connectivity index (χ2n) is 4.90. The van der Waals surface area contributed by atoms with E-state index in [1.54, 1.807) is 6.07 Å². The normalized spacial score (nSPS) is 10.5. The zero-order valence-electron chi connectivity index (χ0n) is 11.8. The van der Waals surface area contributed by atoms with E-state index in [1.165, 1.54) is 18.2 Å². The van der Waals surface area contributed by atoms with Gasteiger partial charge in [0.05, 0.1) is 4.92 Å². The molecular formula is C17H11ClN2O3. The monoisotopic (exact) mass is 326 g/mol. The van der Waals surface area contributed by atoms with Gasteiger partial charge in [0, 0.05) is 22.2 Å². The number of nitrogens with zero attached hydrogens (tertiary/aromatic N) is 1. The van der Waals surface area contributed by atoms with Gasteiger partial charge in [-0.05, 0) is 23.6 Å². The summed E-state index contributed by atoms with van der Waals surface area (Å²) in [6.45, 7) is 0. The Kier molecular flexibility index (Phi) is 3.95. The maximum atomic E-state index is 12.5. The number of carbonyl (C=O) groups excluding carboxylic acids is 1. The highest BCUT2D eigenvalue weighted by molar-refractivity contribution is 6.31. The Morgan fingerprint density at radius 2 is 1.78 bits per heavy atom. The summed E-state index contributed by atoms with van der Waals surface area (Å²) in [4.78, 5) is 22.9. The van der Waals surface area contributed by atoms with Crippen LogP contribution in [0.4, 0.5) is 11.4 Å². The van der Waals surface area contributed by atoms with E-state index in [1.807, 2.05) is 36.4 Å². The van der Waals surface area contributed by atoms with Crippen molar-refractivity contribution in [3.05, 3.63) is 81.4 Å². The van der Waals surface area contributed by atoms with E-state index in [2.05, 4.69) is 5.32 Å². The number of carbonyl (C=O) groups is 1. The smallest absolute Gasteiger partial charge is 0.282 e. The van der Waals surface area contributed by atoms with Crippen LogP contribution in [-0.4, -0.2) is 10.8 Å². The summed E-state index contributed by atoms with van der Waals surface area (Å²) in [6, 6.07) is 16.9. The summed E-state index contributed by atoms with van der Waals surface area (Å²) in [5, 5.41) is 15.9. The highest BCUT2D eigenvalue weighted by Crippen LogP contribution is 2.26. The molecule has 3 aromatic rings. The highest BCUT2D eigenvalue weighted by Gasteiger charge is 2.21. The molecule has 0 aliphatic rings. The van der Waals surface area contributed by atoms with Crippen LogP contribution in [-0.2, 0) is 0 Å². The first-order valence-electron chi connectivity index (χ1n) is 6.79. The second-order valence-corrected chi connectivity index (χ2v) is 5.34. The minimum Gasteiger partial charge on any atom is -0.321 e. The maximum Gasteiger partial charge on any atom is 0.282 e. The van der Waals surface area contributed by atoms with Gasteiger partial charge in [-0.1, -0.05) is 48.0 Å². The van der Waals surface area contributed by atoms with Gasteiger partial charge in [0.1, 0.15) is 5.56 Å². The minimum absolute atomic E-state index is 0.0737. The Morgan fingerprint density at radius 1 is 1.04 bits per heavy atom. The third kappa shape index (κ3) is 3.00. The van der Waals surface area contributed by atoms with Gasteiger partial charge < -0.3 is 5.32 Å². The van der Waals surface area contributed by atoms with Crippen molar-refractivity contribution in [2.24, 2.45) is 0 Å². The van der Waals surface area contributed by atoms with E-state index < -0.39 is 10.8 Å². The molecule has 23 heavy (non-hydrogen) atoms. The van der Waals surface area contributed by atoms with E-state index >= 15 is 0 Å². The fourth-order valence-electron chi connectivity index (χ4n) is 2.37. The lowest BCUT2D eigenvalue weighted by Crippen LogP contribution is -2.14. The average molecular weight is 327 g/mol. The lowest BCUT2D eigenvalue weighted by Gasteiger charge is -2.09. The number of anilines is 1. The number of benzene rings is 3. The molecule has 0 saturated heterocycles. The predicted octanol–water partition coefficient (Wildman–Crippen LogP) is 4.65. The largest absolute Gasteiger partial charge is 0.321 e. The molecule has 1 amide bonds. The number of hydrogen-bond donors (Lipinski definition) is 1. The molecule has 6 heteroatoms. The molecule has 0 bridgehead atoms. The third-order valence-corrected chi connectivity index (χ3v) is 3.67. The first-order chi connectivity index (χ1) is 11.1. The molecule has 0 atom stereocenters. The Labute approximate surface area is 136 Å². The number of hydrogen-bond acceptors (Lipinski definition) is 3. The van der Waals surface area contributed by atoms with Gasteiger partial charge >= 0.3 is 0 Å². The van der Waals surface area contributed by atoms with E-state index in [9.17, 15) is 14.9 Å². The Balaban J connectivity index is 2.02. The second kappa shape index (κ2) is 6.06. The lowest BCUT2D eigenvalue weighted by atomic mass is 10.1. The Morgan fingerprint density at radius 3 is 2.57 bits per heavy atom. The highest BCUT2D eigenvalue weighted by atomic mass is 35.5. The number of rotatable bonds is 3. The van der Waals surface area contributed by atoms with E-state index in [0.717, 1.165) is 10.8 Å². The number of nitro benzene ring substituents is 1. The standard InChI is InChI=1S/C17H11ClN2O3/c18-12-8-9-16(20(22)23)14(10-12)17(21)19-15-7-3-5-11-4-1-2-6-13(11)15/h1-10H,(H,19,21). The molecule has 0 fully saturated rings. The van der Waals surface area contributed by atoms with Gasteiger partial charge in [0.2, 0.25) is 0 Å². The molecule has 3 rings (SSSR count). The molecular weight excluding hydrogens is 316 g/mol. The number of halogens is 1. The van der Waals surface area contributed by atoms with Crippen molar-refractivity contribution < 1.29 is 9.72 Å².